The predicted molar refractivity (Wildman–Crippen MR) is 307 cm³/mol. The number of ketones is 3. The van der Waals surface area contributed by atoms with Gasteiger partial charge in [-0.15, -0.1) is 0 Å². The van der Waals surface area contributed by atoms with E-state index in [2.05, 4.69) is 5.32 Å². The van der Waals surface area contributed by atoms with E-state index >= 15 is 4.79 Å². The molecule has 0 spiro atoms. The quantitative estimate of drug-likeness (QED) is 0.0512. The Morgan fingerprint density at radius 1 is 0.819 bits per heavy atom. The number of ether oxygens (including phenoxy) is 4. The lowest BCUT2D eigenvalue weighted by Crippen LogP contribution is -2.56. The van der Waals surface area contributed by atoms with Gasteiger partial charge in [-0.05, 0) is 54.9 Å². The summed E-state index contributed by atoms with van der Waals surface area (Å²) in [6.45, 7) is 13.8. The lowest BCUT2D eigenvalue weighted by atomic mass is 9.83. The normalized spacial score (nSPS) is 21.3. The second-order valence-electron chi connectivity index (χ2n) is 24.2. The van der Waals surface area contributed by atoms with Crippen LogP contribution in [0.2, 0.25) is 0 Å². The number of Topliss-reactive ketones (excluding diaryl/α,β-unsaturated/α-hetero) is 3. The van der Waals surface area contributed by atoms with Crippen molar-refractivity contribution >= 4 is 47.0 Å². The zero-order valence-corrected chi connectivity index (χ0v) is 50.9. The highest BCUT2D eigenvalue weighted by atomic mass is 16.7. The van der Waals surface area contributed by atoms with Crippen LogP contribution in [0.15, 0.2) is 48.5 Å². The number of rotatable bonds is 35. The standard InChI is InChI=1S/C62H94N4O17/c1-13-38(6)55(51(80-11)33-53(72)65-27-17-20-46(65)59(81-12)39(7)47(68)31-43(61(78)79)28-40-18-15-14-16-19-40)64(8)60(77)45(36(2)3)32-48(69)56(37(4)5)66(9,10)34-41-21-22-50(83-62-58(76)57(75)49(70)35-82-62)42(29-41)30-44(67)25-26-63-52(71)23-24-54(73)74/h14-16,18-19,21-22,29,36-39,43,45-46,49,51,55-59,62,70,75-76H,13,17,20,23-28,30-35H2,1-12H3,(H2-,63,71,73,74,78,79)/p+1/t38-,39-,43+,45-,46-,49+,51+,55-,56-,57-,58+,59+,62-/m0/s1. The number of aliphatic hydroxyl groups excluding tert-OH is 3. The zero-order chi connectivity index (χ0) is 62.0. The summed E-state index contributed by atoms with van der Waals surface area (Å²) in [5.74, 6) is -6.76. The molecule has 3 amide bonds. The van der Waals surface area contributed by atoms with Gasteiger partial charge in [-0.2, -0.15) is 0 Å². The number of aliphatic hydroxyl groups is 3. The summed E-state index contributed by atoms with van der Waals surface area (Å²) in [6, 6.07) is 12.6. The molecule has 0 aromatic heterocycles. The molecule has 21 nitrogen and oxygen atoms in total. The molecule has 2 saturated heterocycles. The van der Waals surface area contributed by atoms with Gasteiger partial charge in [-0.25, -0.2) is 0 Å². The molecule has 2 aromatic rings. The van der Waals surface area contributed by atoms with Crippen molar-refractivity contribution < 1.29 is 87.3 Å². The van der Waals surface area contributed by atoms with Crippen LogP contribution >= 0.6 is 0 Å². The van der Waals surface area contributed by atoms with E-state index in [4.69, 9.17) is 24.1 Å². The average Bonchev–Trinajstić information content (AvgIpc) is 4.10. The number of nitrogens with one attached hydrogen (secondary N) is 1. The van der Waals surface area contributed by atoms with Gasteiger partial charge < -0.3 is 64.1 Å². The average molecular weight is 1170 g/mol. The summed E-state index contributed by atoms with van der Waals surface area (Å²) in [7, 11) is 8.55. The molecule has 0 unspecified atom stereocenters. The van der Waals surface area contributed by atoms with Gasteiger partial charge >= 0.3 is 11.9 Å². The molecule has 0 bridgehead atoms. The first-order chi connectivity index (χ1) is 39.1. The zero-order valence-electron chi connectivity index (χ0n) is 50.9. The van der Waals surface area contributed by atoms with Gasteiger partial charge in [-0.3, -0.25) is 38.4 Å². The van der Waals surface area contributed by atoms with Crippen LogP contribution in [-0.4, -0.2) is 197 Å². The van der Waals surface area contributed by atoms with Crippen LogP contribution in [0.1, 0.15) is 123 Å². The molecule has 0 aliphatic carbocycles. The van der Waals surface area contributed by atoms with E-state index in [1.165, 1.54) is 14.2 Å². The lowest BCUT2D eigenvalue weighted by molar-refractivity contribution is -0.922. The number of carbonyl (C=O) groups excluding carboxylic acids is 6. The first-order valence-electron chi connectivity index (χ1n) is 29.3. The lowest BCUT2D eigenvalue weighted by Gasteiger charge is -2.42. The van der Waals surface area contributed by atoms with Crippen molar-refractivity contribution in [2.24, 2.45) is 35.5 Å². The second kappa shape index (κ2) is 32.6. The van der Waals surface area contributed by atoms with Gasteiger partial charge in [0.25, 0.3) is 0 Å². The van der Waals surface area contributed by atoms with Crippen LogP contribution in [0.3, 0.4) is 0 Å². The summed E-state index contributed by atoms with van der Waals surface area (Å²) in [6.07, 6.45) is -6.52. The molecule has 0 radical (unpaired) electrons. The summed E-state index contributed by atoms with van der Waals surface area (Å²) < 4.78 is 23.8. The Kier molecular flexibility index (Phi) is 27.4. The van der Waals surface area contributed by atoms with E-state index in [1.54, 1.807) is 42.0 Å². The molecule has 0 saturated carbocycles. The number of quaternary nitrogens is 1. The van der Waals surface area contributed by atoms with E-state index in [0.29, 0.717) is 36.9 Å². The topological polar surface area (TPSA) is 293 Å². The number of benzene rings is 2. The third-order valence-electron chi connectivity index (χ3n) is 16.8. The summed E-state index contributed by atoms with van der Waals surface area (Å²) in [5, 5.41) is 52.7. The molecule has 2 aliphatic rings. The highest BCUT2D eigenvalue weighted by Crippen LogP contribution is 2.34. The number of carbonyl (C=O) groups is 8. The van der Waals surface area contributed by atoms with Crippen molar-refractivity contribution in [3.05, 3.63) is 65.2 Å². The number of nitrogens with zero attached hydrogens (tertiary/aromatic N) is 3. The minimum atomic E-state index is -1.62. The van der Waals surface area contributed by atoms with Gasteiger partial charge in [-0.1, -0.05) is 85.2 Å². The molecule has 2 heterocycles. The minimum Gasteiger partial charge on any atom is -0.481 e. The Labute approximate surface area is 489 Å². The molecule has 83 heavy (non-hydrogen) atoms. The molecule has 2 fully saturated rings. The van der Waals surface area contributed by atoms with Gasteiger partial charge in [0.1, 0.15) is 42.2 Å². The number of aliphatic carboxylic acids is 2. The number of likely N-dealkylation sites (N-methyl/N-ethyl adjacent to an activating group) is 2. The number of amides is 3. The Morgan fingerprint density at radius 2 is 1.49 bits per heavy atom. The highest BCUT2D eigenvalue weighted by Gasteiger charge is 2.46. The number of likely N-dealkylation sites (tertiary alicyclic amines) is 1. The van der Waals surface area contributed by atoms with Crippen LogP contribution in [-0.2, 0) is 72.0 Å². The molecule has 2 aliphatic heterocycles. The van der Waals surface area contributed by atoms with Crippen LogP contribution in [0, 0.1) is 35.5 Å². The fraction of sp³-hybridized carbons (Fsp3) is 0.677. The van der Waals surface area contributed by atoms with Gasteiger partial charge in [0, 0.05) is 95.3 Å². The number of methoxy groups -OCH3 is 2. The highest BCUT2D eigenvalue weighted by molar-refractivity contribution is 5.90. The molecular formula is C62H95N4O17+. The van der Waals surface area contributed by atoms with Crippen LogP contribution in [0.5, 0.6) is 5.75 Å². The maximum absolute atomic E-state index is 15.0. The molecule has 4 rings (SSSR count). The van der Waals surface area contributed by atoms with Crippen molar-refractivity contribution in [1.29, 1.82) is 0 Å². The van der Waals surface area contributed by atoms with E-state index in [-0.39, 0.29) is 128 Å². The SMILES string of the molecule is CC[C@H](C)[C@@H]([C@@H](CC(=O)N1CCC[C@H]1[C@H](OC)[C@@H](C)C(=O)C[C@@H](Cc1ccccc1)C(=O)O)OC)N(C)C(=O)[C@@H](CC(=O)[C@H](C(C)C)[N+](C)(C)Cc1ccc(O[C@@H]2OC[C@@H](O)[C@H](O)[C@H]2O)c(CC(=O)CCNC(=O)CCC(=O)O)c1)C(C)C. The monoisotopic (exact) mass is 1170 g/mol. The first-order valence-corrected chi connectivity index (χ1v) is 29.3. The largest absolute Gasteiger partial charge is 0.481 e. The van der Waals surface area contributed by atoms with Crippen LogP contribution < -0.4 is 10.1 Å². The molecule has 13 atom stereocenters. The van der Waals surface area contributed by atoms with Crippen molar-refractivity contribution in [3.8, 4) is 5.75 Å². The summed E-state index contributed by atoms with van der Waals surface area (Å²) in [5.41, 5.74) is 1.91. The van der Waals surface area contributed by atoms with Crippen molar-refractivity contribution in [3.63, 3.8) is 0 Å². The van der Waals surface area contributed by atoms with E-state index < -0.39 is 90.5 Å². The van der Waals surface area contributed by atoms with E-state index in [0.717, 1.165) is 5.56 Å². The van der Waals surface area contributed by atoms with Gasteiger partial charge in [0.05, 0.1) is 63.8 Å². The third kappa shape index (κ3) is 19.7. The minimum absolute atomic E-state index is 0.0401. The van der Waals surface area contributed by atoms with Crippen LogP contribution in [0.25, 0.3) is 0 Å². The molecular weight excluding hydrogens is 1070 g/mol. The maximum Gasteiger partial charge on any atom is 0.307 e. The smallest absolute Gasteiger partial charge is 0.307 e. The molecule has 464 valence electrons. The molecule has 2 aromatic carbocycles. The van der Waals surface area contributed by atoms with E-state index in [1.807, 2.05) is 86.0 Å². The van der Waals surface area contributed by atoms with Crippen molar-refractivity contribution in [1.82, 2.24) is 15.1 Å². The summed E-state index contributed by atoms with van der Waals surface area (Å²) >= 11 is 0. The number of hydrogen-bond acceptors (Lipinski definition) is 15. The first kappa shape index (κ1) is 69.8. The Bertz CT molecular complexity index is 2490. The van der Waals surface area contributed by atoms with Crippen LogP contribution in [0.4, 0.5) is 0 Å². The van der Waals surface area contributed by atoms with E-state index in [9.17, 15) is 54.0 Å². The van der Waals surface area contributed by atoms with Crippen molar-refractivity contribution in [2.45, 2.75) is 181 Å². The maximum atomic E-state index is 15.0. The Morgan fingerprint density at radius 3 is 2.08 bits per heavy atom. The predicted octanol–water partition coefficient (Wildman–Crippen LogP) is 4.64. The van der Waals surface area contributed by atoms with Gasteiger partial charge in [0.15, 0.2) is 11.8 Å². The number of hydrogen-bond donors (Lipinski definition) is 6. The number of carboxylic acids is 2. The molecule has 21 heteroatoms. The number of carboxylic acid groups (broad SMARTS) is 2. The summed E-state index contributed by atoms with van der Waals surface area (Å²) in [4.78, 5) is 111. The molecule has 6 N–H and O–H groups in total. The Balaban J connectivity index is 1.53. The van der Waals surface area contributed by atoms with Crippen molar-refractivity contribution in [2.75, 3.05) is 55.1 Å². The third-order valence-corrected chi connectivity index (χ3v) is 16.8. The fourth-order valence-electron chi connectivity index (χ4n) is 12.2. The second-order valence-corrected chi connectivity index (χ2v) is 24.2. The fourth-order valence-corrected chi connectivity index (χ4v) is 12.2. The Hall–Kier alpha value is -5.68. The van der Waals surface area contributed by atoms with Gasteiger partial charge in [0.2, 0.25) is 24.0 Å².